The molecule has 6 nitrogen and oxygen atoms in total. The molecule has 1 aliphatic heterocycles. The Morgan fingerprint density at radius 2 is 2.00 bits per heavy atom. The first-order valence-corrected chi connectivity index (χ1v) is 4.63. The van der Waals surface area contributed by atoms with Crippen LogP contribution in [0.2, 0.25) is 0 Å². The molecule has 1 amide bonds. The predicted octanol–water partition coefficient (Wildman–Crippen LogP) is 0.363. The van der Waals surface area contributed by atoms with Gasteiger partial charge in [-0.05, 0) is 0 Å². The lowest BCUT2D eigenvalue weighted by Crippen LogP contribution is -2.37. The van der Waals surface area contributed by atoms with E-state index in [0.717, 1.165) is 0 Å². The summed E-state index contributed by atoms with van der Waals surface area (Å²) >= 11 is 0. The maximum atomic E-state index is 11.3. The van der Waals surface area contributed by atoms with Crippen LogP contribution in [0.5, 0.6) is 0 Å². The first-order chi connectivity index (χ1) is 7.08. The molecule has 0 aliphatic carbocycles. The SMILES string of the molecule is COC(=O)N1C[C@H](OC(C)=O)C[C@@H]1OC. The number of esters is 1. The van der Waals surface area contributed by atoms with Crippen LogP contribution in [-0.4, -0.2) is 50.1 Å². The van der Waals surface area contributed by atoms with Crippen molar-refractivity contribution in [3.63, 3.8) is 0 Å². The highest BCUT2D eigenvalue weighted by molar-refractivity contribution is 5.69. The summed E-state index contributed by atoms with van der Waals surface area (Å²) in [5.41, 5.74) is 0. The Bertz CT molecular complexity index is 255. The molecule has 15 heavy (non-hydrogen) atoms. The molecule has 0 bridgehead atoms. The normalized spacial score (nSPS) is 25.1. The number of carbonyl (C=O) groups excluding carboxylic acids is 2. The third kappa shape index (κ3) is 2.82. The summed E-state index contributed by atoms with van der Waals surface area (Å²) in [4.78, 5) is 23.4. The molecule has 2 atom stereocenters. The van der Waals surface area contributed by atoms with Crippen LogP contribution in [0.4, 0.5) is 4.79 Å². The fourth-order valence-electron chi connectivity index (χ4n) is 1.62. The summed E-state index contributed by atoms with van der Waals surface area (Å²) in [7, 11) is 2.80. The van der Waals surface area contributed by atoms with E-state index in [0.29, 0.717) is 13.0 Å². The van der Waals surface area contributed by atoms with E-state index in [1.54, 1.807) is 0 Å². The second-order valence-electron chi connectivity index (χ2n) is 3.28. The lowest BCUT2D eigenvalue weighted by Gasteiger charge is -2.20. The van der Waals surface area contributed by atoms with Gasteiger partial charge >= 0.3 is 12.1 Å². The van der Waals surface area contributed by atoms with Crippen molar-refractivity contribution in [1.29, 1.82) is 0 Å². The first kappa shape index (κ1) is 11.8. The molecule has 1 aliphatic rings. The Kier molecular flexibility index (Phi) is 3.90. The van der Waals surface area contributed by atoms with E-state index in [1.807, 2.05) is 0 Å². The van der Waals surface area contributed by atoms with Gasteiger partial charge in [0.05, 0.1) is 13.7 Å². The highest BCUT2D eigenvalue weighted by Gasteiger charge is 2.37. The molecular weight excluding hydrogens is 202 g/mol. The zero-order valence-electron chi connectivity index (χ0n) is 9.06. The van der Waals surface area contributed by atoms with Crippen LogP contribution in [0.15, 0.2) is 0 Å². The van der Waals surface area contributed by atoms with Gasteiger partial charge in [-0.15, -0.1) is 0 Å². The Balaban J connectivity index is 2.58. The van der Waals surface area contributed by atoms with E-state index < -0.39 is 6.09 Å². The number of carbonyl (C=O) groups is 2. The third-order valence-electron chi connectivity index (χ3n) is 2.23. The van der Waals surface area contributed by atoms with E-state index in [2.05, 4.69) is 4.74 Å². The van der Waals surface area contributed by atoms with Crippen molar-refractivity contribution in [2.24, 2.45) is 0 Å². The van der Waals surface area contributed by atoms with Crippen molar-refractivity contribution in [2.75, 3.05) is 20.8 Å². The van der Waals surface area contributed by atoms with Crippen LogP contribution < -0.4 is 0 Å². The summed E-state index contributed by atoms with van der Waals surface area (Å²) in [6.45, 7) is 1.65. The highest BCUT2D eigenvalue weighted by atomic mass is 16.6. The summed E-state index contributed by atoms with van der Waals surface area (Å²) in [5.74, 6) is -0.360. The van der Waals surface area contributed by atoms with Crippen LogP contribution >= 0.6 is 0 Å². The van der Waals surface area contributed by atoms with Gasteiger partial charge in [0.15, 0.2) is 0 Å². The molecule has 0 unspecified atom stereocenters. The van der Waals surface area contributed by atoms with Gasteiger partial charge in [0.1, 0.15) is 12.3 Å². The molecule has 0 aromatic rings. The Labute approximate surface area is 88.1 Å². The maximum Gasteiger partial charge on any atom is 0.411 e. The molecule has 0 aromatic carbocycles. The molecule has 0 saturated carbocycles. The summed E-state index contributed by atoms with van der Waals surface area (Å²) in [5, 5.41) is 0. The van der Waals surface area contributed by atoms with Gasteiger partial charge in [-0.25, -0.2) is 4.79 Å². The van der Waals surface area contributed by atoms with Crippen molar-refractivity contribution in [2.45, 2.75) is 25.7 Å². The van der Waals surface area contributed by atoms with Gasteiger partial charge in [-0.3, -0.25) is 9.69 Å². The standard InChI is InChI=1S/C9H15NO5/c1-6(11)15-7-4-8(13-2)10(5-7)9(12)14-3/h7-8H,4-5H2,1-3H3/t7-,8+/m1/s1. The summed E-state index contributed by atoms with van der Waals surface area (Å²) in [6, 6.07) is 0. The fourth-order valence-corrected chi connectivity index (χ4v) is 1.62. The molecule has 1 saturated heterocycles. The minimum atomic E-state index is -0.475. The Morgan fingerprint density at radius 3 is 2.47 bits per heavy atom. The molecule has 1 rings (SSSR count). The van der Waals surface area contributed by atoms with E-state index in [9.17, 15) is 9.59 Å². The quantitative estimate of drug-likeness (QED) is 0.625. The van der Waals surface area contributed by atoms with Crippen molar-refractivity contribution in [1.82, 2.24) is 4.90 Å². The number of rotatable bonds is 2. The van der Waals surface area contributed by atoms with Gasteiger partial charge in [0.25, 0.3) is 0 Å². The van der Waals surface area contributed by atoms with E-state index >= 15 is 0 Å². The van der Waals surface area contributed by atoms with E-state index in [1.165, 1.54) is 26.0 Å². The van der Waals surface area contributed by atoms with Gasteiger partial charge < -0.3 is 14.2 Å². The third-order valence-corrected chi connectivity index (χ3v) is 2.23. The number of likely N-dealkylation sites (tertiary alicyclic amines) is 1. The summed E-state index contributed by atoms with van der Waals surface area (Å²) in [6.07, 6.45) is -0.699. The number of methoxy groups -OCH3 is 2. The second kappa shape index (κ2) is 4.97. The van der Waals surface area contributed by atoms with Crippen molar-refractivity contribution < 1.29 is 23.8 Å². The Morgan fingerprint density at radius 1 is 1.33 bits per heavy atom. The first-order valence-electron chi connectivity index (χ1n) is 4.63. The largest absolute Gasteiger partial charge is 0.460 e. The smallest absolute Gasteiger partial charge is 0.411 e. The average molecular weight is 217 g/mol. The van der Waals surface area contributed by atoms with Crippen molar-refractivity contribution in [3.05, 3.63) is 0 Å². The predicted molar refractivity (Wildman–Crippen MR) is 50.1 cm³/mol. The number of nitrogens with zero attached hydrogens (tertiary/aromatic N) is 1. The monoisotopic (exact) mass is 217 g/mol. The molecule has 0 N–H and O–H groups in total. The van der Waals surface area contributed by atoms with Crippen LogP contribution in [0.25, 0.3) is 0 Å². The second-order valence-corrected chi connectivity index (χ2v) is 3.28. The minimum Gasteiger partial charge on any atom is -0.460 e. The van der Waals surface area contributed by atoms with Crippen LogP contribution in [0, 0.1) is 0 Å². The topological polar surface area (TPSA) is 65.1 Å². The molecule has 1 fully saturated rings. The van der Waals surface area contributed by atoms with Gasteiger partial charge in [0.2, 0.25) is 0 Å². The van der Waals surface area contributed by atoms with E-state index in [4.69, 9.17) is 9.47 Å². The van der Waals surface area contributed by atoms with Gasteiger partial charge in [-0.1, -0.05) is 0 Å². The molecule has 86 valence electrons. The number of ether oxygens (including phenoxy) is 3. The average Bonchev–Trinajstić information content (AvgIpc) is 2.58. The fraction of sp³-hybridized carbons (Fsp3) is 0.778. The van der Waals surface area contributed by atoms with E-state index in [-0.39, 0.29) is 18.3 Å². The van der Waals surface area contributed by atoms with Gasteiger partial charge in [0, 0.05) is 20.5 Å². The molecular formula is C9H15NO5. The van der Waals surface area contributed by atoms with Gasteiger partial charge in [-0.2, -0.15) is 0 Å². The molecule has 0 radical (unpaired) electrons. The number of hydrogen-bond donors (Lipinski definition) is 0. The number of amides is 1. The Hall–Kier alpha value is -1.30. The zero-order valence-corrected chi connectivity index (χ0v) is 9.06. The van der Waals surface area contributed by atoms with Crippen molar-refractivity contribution >= 4 is 12.1 Å². The summed E-state index contributed by atoms with van der Waals surface area (Å²) < 4.78 is 14.7. The molecule has 1 heterocycles. The van der Waals surface area contributed by atoms with Crippen LogP contribution in [-0.2, 0) is 19.0 Å². The van der Waals surface area contributed by atoms with Crippen LogP contribution in [0.1, 0.15) is 13.3 Å². The maximum absolute atomic E-state index is 11.3. The molecule has 0 spiro atoms. The van der Waals surface area contributed by atoms with Crippen LogP contribution in [0.3, 0.4) is 0 Å². The lowest BCUT2D eigenvalue weighted by molar-refractivity contribution is -0.145. The van der Waals surface area contributed by atoms with Crippen molar-refractivity contribution in [3.8, 4) is 0 Å². The highest BCUT2D eigenvalue weighted by Crippen LogP contribution is 2.21. The molecule has 6 heteroatoms. The lowest BCUT2D eigenvalue weighted by atomic mass is 10.3. The molecule has 0 aromatic heterocycles. The number of hydrogen-bond acceptors (Lipinski definition) is 5. The minimum absolute atomic E-state index is 0.310. The zero-order chi connectivity index (χ0) is 11.4.